The monoisotopic (exact) mass is 466 g/mol. The lowest BCUT2D eigenvalue weighted by Gasteiger charge is -2.26. The van der Waals surface area contributed by atoms with Crippen molar-refractivity contribution in [2.75, 3.05) is 6.54 Å². The van der Waals surface area contributed by atoms with Gasteiger partial charge in [0, 0.05) is 12.6 Å². The van der Waals surface area contributed by atoms with Gasteiger partial charge in [-0.15, -0.1) is 0 Å². The zero-order valence-corrected chi connectivity index (χ0v) is 19.2. The van der Waals surface area contributed by atoms with Crippen LogP contribution in [-0.2, 0) is 6.54 Å². The maximum atomic E-state index is 14.7. The van der Waals surface area contributed by atoms with Gasteiger partial charge in [-0.3, -0.25) is 9.69 Å². The molecule has 0 spiro atoms. The molecule has 1 aromatic heterocycles. The van der Waals surface area contributed by atoms with Gasteiger partial charge in [0.15, 0.2) is 5.75 Å². The molecular weight excluding hydrogens is 443 g/mol. The van der Waals surface area contributed by atoms with Gasteiger partial charge < -0.3 is 9.26 Å². The fourth-order valence-corrected chi connectivity index (χ4v) is 4.96. The molecule has 1 fully saturated rings. The van der Waals surface area contributed by atoms with Crippen LogP contribution >= 0.6 is 11.6 Å². The van der Waals surface area contributed by atoms with Gasteiger partial charge in [0.25, 0.3) is 5.56 Å². The summed E-state index contributed by atoms with van der Waals surface area (Å²) in [5.74, 6) is -0.475. The first-order chi connectivity index (χ1) is 15.9. The lowest BCUT2D eigenvalue weighted by atomic mass is 9.99. The van der Waals surface area contributed by atoms with Crippen LogP contribution in [0.5, 0.6) is 11.5 Å². The summed E-state index contributed by atoms with van der Waals surface area (Å²) in [5, 5.41) is 2.65. The van der Waals surface area contributed by atoms with Gasteiger partial charge in [-0.25, -0.2) is 0 Å². The fraction of sp³-hybridized carbons (Fsp3) is 0.269. The number of benzene rings is 3. The number of ether oxygens (including phenoxy) is 1. The number of hydrogen-bond acceptors (Lipinski definition) is 4. The van der Waals surface area contributed by atoms with Gasteiger partial charge in [-0.1, -0.05) is 47.0 Å². The number of nitrogens with one attached hydrogen (secondary N) is 1. The average Bonchev–Trinajstić information content (AvgIpc) is 3.38. The Morgan fingerprint density at radius 3 is 2.64 bits per heavy atom. The van der Waals surface area contributed by atoms with E-state index in [1.807, 2.05) is 12.1 Å². The Hall–Kier alpha value is -3.09. The Kier molecular flexibility index (Phi) is 5.72. The summed E-state index contributed by atoms with van der Waals surface area (Å²) < 4.78 is 25.3. The first-order valence-electron chi connectivity index (χ1n) is 11.0. The second-order valence-electron chi connectivity index (χ2n) is 8.70. The molecule has 2 heterocycles. The molecule has 170 valence electrons. The zero-order chi connectivity index (χ0) is 23.1. The normalized spacial score (nSPS) is 16.5. The third kappa shape index (κ3) is 4.28. The highest BCUT2D eigenvalue weighted by Gasteiger charge is 2.26. The molecular formula is C26H24ClFN2O3. The minimum absolute atomic E-state index is 0.0608. The number of likely N-dealkylation sites (tertiary alicyclic amines) is 1. The molecule has 1 aliphatic heterocycles. The first-order valence-corrected chi connectivity index (χ1v) is 11.3. The van der Waals surface area contributed by atoms with Crippen molar-refractivity contribution < 1.29 is 13.7 Å². The Morgan fingerprint density at radius 2 is 1.88 bits per heavy atom. The number of nitrogens with zero attached hydrogens (tertiary/aromatic N) is 1. The van der Waals surface area contributed by atoms with E-state index in [9.17, 15) is 9.18 Å². The van der Waals surface area contributed by atoms with Crippen molar-refractivity contribution in [3.8, 4) is 11.5 Å². The van der Waals surface area contributed by atoms with Crippen LogP contribution in [0.4, 0.5) is 4.39 Å². The predicted octanol–water partition coefficient (Wildman–Crippen LogP) is 6.66. The molecule has 0 amide bonds. The van der Waals surface area contributed by atoms with Gasteiger partial charge in [0.05, 0.1) is 10.4 Å². The van der Waals surface area contributed by atoms with E-state index in [2.05, 4.69) is 42.1 Å². The Balaban J connectivity index is 1.35. The minimum atomic E-state index is -0.751. The number of fused-ring (bicyclic) bond motifs is 1. The molecule has 1 aliphatic rings. The van der Waals surface area contributed by atoms with Crippen LogP contribution < -0.4 is 10.3 Å². The second-order valence-corrected chi connectivity index (χ2v) is 9.11. The van der Waals surface area contributed by atoms with Crippen molar-refractivity contribution in [3.05, 3.63) is 92.0 Å². The second kappa shape index (κ2) is 8.69. The number of hydrogen-bond donors (Lipinski definition) is 1. The smallest absolute Gasteiger partial charge is 0.287 e. The van der Waals surface area contributed by atoms with Gasteiger partial charge in [0.1, 0.15) is 5.75 Å². The summed E-state index contributed by atoms with van der Waals surface area (Å²) in [5.41, 5.74) is 4.33. The number of aromatic amines is 1. The third-order valence-electron chi connectivity index (χ3n) is 6.15. The maximum absolute atomic E-state index is 14.7. The molecule has 1 N–H and O–H groups in total. The quantitative estimate of drug-likeness (QED) is 0.357. The van der Waals surface area contributed by atoms with Crippen molar-refractivity contribution in [1.82, 2.24) is 10.1 Å². The summed E-state index contributed by atoms with van der Waals surface area (Å²) in [4.78, 5) is 14.1. The molecule has 1 unspecified atom stereocenters. The molecule has 3 aromatic carbocycles. The number of aryl methyl sites for hydroxylation is 2. The highest BCUT2D eigenvalue weighted by Crippen LogP contribution is 2.37. The summed E-state index contributed by atoms with van der Waals surface area (Å²) in [7, 11) is 0. The summed E-state index contributed by atoms with van der Waals surface area (Å²) >= 11 is 6.49. The molecule has 5 rings (SSSR count). The number of halogens is 2. The molecule has 4 aromatic rings. The molecule has 1 atom stereocenters. The van der Waals surface area contributed by atoms with Crippen molar-refractivity contribution in [2.45, 2.75) is 39.3 Å². The van der Waals surface area contributed by atoms with E-state index in [0.29, 0.717) is 16.8 Å². The molecule has 1 saturated heterocycles. The molecule has 5 nitrogen and oxygen atoms in total. The van der Waals surface area contributed by atoms with E-state index >= 15 is 0 Å². The SMILES string of the molecule is Cc1cc(C)cc(C2CCCN2Cc2ccc(Oc3ccc4c(=O)[nH]oc4c3F)c(Cl)c2)c1. The zero-order valence-electron chi connectivity index (χ0n) is 18.5. The first kappa shape index (κ1) is 21.7. The van der Waals surface area contributed by atoms with Crippen LogP contribution in [-0.4, -0.2) is 16.6 Å². The van der Waals surface area contributed by atoms with Gasteiger partial charge in [-0.05, 0) is 68.6 Å². The van der Waals surface area contributed by atoms with Crippen molar-refractivity contribution in [1.29, 1.82) is 0 Å². The predicted molar refractivity (Wildman–Crippen MR) is 127 cm³/mol. The third-order valence-corrected chi connectivity index (χ3v) is 6.44. The molecule has 0 aliphatic carbocycles. The van der Waals surface area contributed by atoms with Crippen molar-refractivity contribution in [2.24, 2.45) is 0 Å². The summed E-state index contributed by atoms with van der Waals surface area (Å²) in [6, 6.07) is 15.5. The summed E-state index contributed by atoms with van der Waals surface area (Å²) in [6.07, 6.45) is 2.29. The molecule has 0 radical (unpaired) electrons. The van der Waals surface area contributed by atoms with E-state index in [1.165, 1.54) is 28.8 Å². The highest BCUT2D eigenvalue weighted by molar-refractivity contribution is 6.32. The molecule has 33 heavy (non-hydrogen) atoms. The minimum Gasteiger partial charge on any atom is -0.453 e. The van der Waals surface area contributed by atoms with E-state index < -0.39 is 11.4 Å². The number of rotatable bonds is 5. The van der Waals surface area contributed by atoms with Crippen LogP contribution in [0.25, 0.3) is 11.0 Å². The largest absolute Gasteiger partial charge is 0.453 e. The van der Waals surface area contributed by atoms with Crippen molar-refractivity contribution in [3.63, 3.8) is 0 Å². The van der Waals surface area contributed by atoms with Crippen LogP contribution in [0.1, 0.15) is 41.1 Å². The van der Waals surface area contributed by atoms with Crippen LogP contribution in [0.15, 0.2) is 57.8 Å². The lowest BCUT2D eigenvalue weighted by Crippen LogP contribution is -2.22. The Morgan fingerprint density at radius 1 is 1.12 bits per heavy atom. The molecule has 7 heteroatoms. The molecule has 0 bridgehead atoms. The van der Waals surface area contributed by atoms with Gasteiger partial charge >= 0.3 is 0 Å². The highest BCUT2D eigenvalue weighted by atomic mass is 35.5. The topological polar surface area (TPSA) is 58.5 Å². The van der Waals surface area contributed by atoms with Crippen LogP contribution in [0.3, 0.4) is 0 Å². The summed E-state index contributed by atoms with van der Waals surface area (Å²) in [6.45, 7) is 6.07. The van der Waals surface area contributed by atoms with E-state index in [0.717, 1.165) is 31.5 Å². The lowest BCUT2D eigenvalue weighted by molar-refractivity contribution is 0.248. The maximum Gasteiger partial charge on any atom is 0.287 e. The number of aromatic nitrogens is 1. The van der Waals surface area contributed by atoms with E-state index in [-0.39, 0.29) is 16.7 Å². The van der Waals surface area contributed by atoms with Gasteiger partial charge in [-0.2, -0.15) is 9.55 Å². The fourth-order valence-electron chi connectivity index (χ4n) is 4.72. The Labute approximate surface area is 195 Å². The molecule has 0 saturated carbocycles. The van der Waals surface area contributed by atoms with Crippen LogP contribution in [0, 0.1) is 19.7 Å². The van der Waals surface area contributed by atoms with Gasteiger partial charge in [0.2, 0.25) is 11.4 Å². The average molecular weight is 467 g/mol. The van der Waals surface area contributed by atoms with Crippen molar-refractivity contribution >= 4 is 22.6 Å². The standard InChI is InChI=1S/C26H24ClFN2O3/c1-15-10-16(2)12-18(11-15)21-4-3-9-30(21)14-17-5-7-22(20(27)13-17)32-23-8-6-19-25(24(23)28)33-29-26(19)31/h5-8,10-13,21H,3-4,9,14H2,1-2H3,(H,29,31). The Bertz CT molecular complexity index is 1370. The van der Waals surface area contributed by atoms with E-state index in [1.54, 1.807) is 6.07 Å². The number of H-pyrrole nitrogens is 1. The van der Waals surface area contributed by atoms with E-state index in [4.69, 9.17) is 20.9 Å². The van der Waals surface area contributed by atoms with Crippen LogP contribution in [0.2, 0.25) is 5.02 Å².